The van der Waals surface area contributed by atoms with E-state index in [4.69, 9.17) is 21.1 Å². The molecular formula is C22H29ClN4O5S. The Bertz CT molecular complexity index is 1100. The van der Waals surface area contributed by atoms with Crippen LogP contribution < -0.4 is 4.90 Å². The summed E-state index contributed by atoms with van der Waals surface area (Å²) in [6.07, 6.45) is 0.119. The van der Waals surface area contributed by atoms with Crippen LogP contribution in [0.2, 0.25) is 5.02 Å². The fourth-order valence-corrected chi connectivity index (χ4v) is 6.70. The first-order valence-corrected chi connectivity index (χ1v) is 12.9. The van der Waals surface area contributed by atoms with Gasteiger partial charge in [0.2, 0.25) is 0 Å². The lowest BCUT2D eigenvalue weighted by atomic mass is 10.2. The van der Waals surface area contributed by atoms with E-state index in [2.05, 4.69) is 10.00 Å². The third kappa shape index (κ3) is 5.03. The molecule has 3 heterocycles. The average molecular weight is 497 g/mol. The number of hydrogen-bond acceptors (Lipinski definition) is 8. The molecule has 2 aliphatic heterocycles. The Morgan fingerprint density at radius 2 is 1.97 bits per heavy atom. The fraction of sp³-hybridized carbons (Fsp3) is 0.545. The summed E-state index contributed by atoms with van der Waals surface area (Å²) in [5.41, 5.74) is 0.799. The van der Waals surface area contributed by atoms with Gasteiger partial charge in [-0.1, -0.05) is 23.7 Å². The van der Waals surface area contributed by atoms with Crippen LogP contribution in [0.25, 0.3) is 0 Å². The van der Waals surface area contributed by atoms with Gasteiger partial charge in [-0.2, -0.15) is 5.10 Å². The standard InChI is InChI=1S/C22H29ClN4O5S/c1-16-13-21(27(24-16)8-7-25-9-11-32-12-10-25)26-15-17(14-19(26)22(28)31-2)33(29,30)20-6-4-3-5-18(20)23/h3-6,13,17,19H,7-12,14-15H2,1-2H3. The number of aromatic nitrogens is 2. The van der Waals surface area contributed by atoms with Crippen molar-refractivity contribution >= 4 is 33.2 Å². The van der Waals surface area contributed by atoms with Gasteiger partial charge in [-0.25, -0.2) is 17.9 Å². The van der Waals surface area contributed by atoms with E-state index in [1.807, 2.05) is 22.6 Å². The van der Waals surface area contributed by atoms with Crippen molar-refractivity contribution in [1.82, 2.24) is 14.7 Å². The quantitative estimate of drug-likeness (QED) is 0.535. The summed E-state index contributed by atoms with van der Waals surface area (Å²) in [6, 6.07) is 7.56. The fourth-order valence-electron chi connectivity index (χ4n) is 4.48. The predicted octanol–water partition coefficient (Wildman–Crippen LogP) is 1.77. The van der Waals surface area contributed by atoms with Gasteiger partial charge in [-0.3, -0.25) is 4.90 Å². The van der Waals surface area contributed by atoms with Crippen molar-refractivity contribution in [3.8, 4) is 0 Å². The number of esters is 1. The first kappa shape index (κ1) is 24.0. The Morgan fingerprint density at radius 3 is 2.67 bits per heavy atom. The molecule has 33 heavy (non-hydrogen) atoms. The van der Waals surface area contributed by atoms with Crippen LogP contribution in [0.4, 0.5) is 5.82 Å². The molecule has 1 aromatic heterocycles. The molecule has 2 aromatic rings. The molecule has 0 saturated carbocycles. The van der Waals surface area contributed by atoms with E-state index in [0.29, 0.717) is 25.6 Å². The summed E-state index contributed by atoms with van der Waals surface area (Å²) in [5.74, 6) is 0.249. The Hall–Kier alpha value is -2.14. The maximum absolute atomic E-state index is 13.4. The number of carbonyl (C=O) groups excluding carboxylic acids is 1. The molecule has 0 spiro atoms. The second kappa shape index (κ2) is 10.0. The molecule has 2 unspecified atom stereocenters. The molecule has 4 rings (SSSR count). The van der Waals surface area contributed by atoms with E-state index >= 15 is 0 Å². The minimum Gasteiger partial charge on any atom is -0.467 e. The maximum atomic E-state index is 13.4. The molecule has 2 saturated heterocycles. The number of ether oxygens (including phenoxy) is 2. The number of rotatable bonds is 7. The normalized spacial score (nSPS) is 22.0. The second-order valence-electron chi connectivity index (χ2n) is 8.35. The van der Waals surface area contributed by atoms with Crippen molar-refractivity contribution in [2.24, 2.45) is 0 Å². The van der Waals surface area contributed by atoms with E-state index < -0.39 is 27.1 Å². The summed E-state index contributed by atoms with van der Waals surface area (Å²) in [5, 5.41) is 3.99. The zero-order chi connectivity index (χ0) is 23.6. The van der Waals surface area contributed by atoms with Gasteiger partial charge in [0, 0.05) is 32.2 Å². The van der Waals surface area contributed by atoms with Crippen molar-refractivity contribution in [1.29, 1.82) is 0 Å². The number of hydrogen-bond donors (Lipinski definition) is 0. The van der Waals surface area contributed by atoms with Gasteiger partial charge in [0.15, 0.2) is 9.84 Å². The Morgan fingerprint density at radius 1 is 1.24 bits per heavy atom. The highest BCUT2D eigenvalue weighted by Crippen LogP contribution is 2.35. The van der Waals surface area contributed by atoms with Gasteiger partial charge in [0.05, 0.1) is 47.7 Å². The molecule has 2 fully saturated rings. The number of morpholine rings is 1. The molecule has 0 bridgehead atoms. The smallest absolute Gasteiger partial charge is 0.328 e. The molecule has 0 amide bonds. The molecule has 0 aliphatic carbocycles. The Balaban J connectivity index is 1.61. The lowest BCUT2D eigenvalue weighted by Gasteiger charge is -2.28. The molecular weight excluding hydrogens is 468 g/mol. The largest absolute Gasteiger partial charge is 0.467 e. The van der Waals surface area contributed by atoms with Crippen molar-refractivity contribution in [3.05, 3.63) is 41.0 Å². The second-order valence-corrected chi connectivity index (χ2v) is 10.9. The highest BCUT2D eigenvalue weighted by molar-refractivity contribution is 7.92. The van der Waals surface area contributed by atoms with Crippen LogP contribution in [-0.2, 0) is 30.7 Å². The number of aryl methyl sites for hydroxylation is 1. The van der Waals surface area contributed by atoms with Crippen LogP contribution in [0.3, 0.4) is 0 Å². The molecule has 2 aliphatic rings. The van der Waals surface area contributed by atoms with Gasteiger partial charge in [-0.05, 0) is 25.5 Å². The van der Waals surface area contributed by atoms with Gasteiger partial charge >= 0.3 is 5.97 Å². The minimum atomic E-state index is -3.75. The average Bonchev–Trinajstić information content (AvgIpc) is 3.42. The van der Waals surface area contributed by atoms with Crippen LogP contribution in [0.15, 0.2) is 35.2 Å². The zero-order valence-corrected chi connectivity index (χ0v) is 20.4. The molecule has 0 radical (unpaired) electrons. The highest BCUT2D eigenvalue weighted by atomic mass is 35.5. The van der Waals surface area contributed by atoms with Crippen LogP contribution in [0.1, 0.15) is 12.1 Å². The van der Waals surface area contributed by atoms with E-state index in [0.717, 1.165) is 25.3 Å². The SMILES string of the molecule is COC(=O)C1CC(S(=O)(=O)c2ccccc2Cl)CN1c1cc(C)nn1CCN1CCOCC1. The van der Waals surface area contributed by atoms with E-state index in [1.165, 1.54) is 13.2 Å². The third-order valence-corrected chi connectivity index (χ3v) is 8.85. The van der Waals surface area contributed by atoms with Crippen LogP contribution in [-0.4, -0.2) is 86.9 Å². The minimum absolute atomic E-state index is 0.0825. The van der Waals surface area contributed by atoms with Gasteiger partial charge < -0.3 is 14.4 Å². The monoisotopic (exact) mass is 496 g/mol. The number of sulfone groups is 1. The lowest BCUT2D eigenvalue weighted by Crippen LogP contribution is -2.40. The van der Waals surface area contributed by atoms with Crippen LogP contribution in [0.5, 0.6) is 0 Å². The molecule has 11 heteroatoms. The number of carbonyl (C=O) groups is 1. The summed E-state index contributed by atoms with van der Waals surface area (Å²) >= 11 is 6.20. The Labute approximate surface area is 199 Å². The van der Waals surface area contributed by atoms with E-state index in [-0.39, 0.29) is 22.9 Å². The third-order valence-electron chi connectivity index (χ3n) is 6.22. The number of anilines is 1. The van der Waals surface area contributed by atoms with Gasteiger partial charge in [0.1, 0.15) is 11.9 Å². The summed E-state index contributed by atoms with van der Waals surface area (Å²) in [6.45, 7) is 6.59. The predicted molar refractivity (Wildman–Crippen MR) is 124 cm³/mol. The van der Waals surface area contributed by atoms with E-state index in [9.17, 15) is 13.2 Å². The first-order chi connectivity index (χ1) is 15.8. The first-order valence-electron chi connectivity index (χ1n) is 11.0. The number of methoxy groups -OCH3 is 1. The summed E-state index contributed by atoms with van der Waals surface area (Å²) < 4.78 is 39.1. The Kier molecular flexibility index (Phi) is 7.28. The molecule has 180 valence electrons. The molecule has 2 atom stereocenters. The van der Waals surface area contributed by atoms with Crippen molar-refractivity contribution in [3.63, 3.8) is 0 Å². The topological polar surface area (TPSA) is 94.0 Å². The maximum Gasteiger partial charge on any atom is 0.328 e. The molecule has 1 aromatic carbocycles. The van der Waals surface area contributed by atoms with Crippen molar-refractivity contribution in [2.45, 2.75) is 36.1 Å². The summed E-state index contributed by atoms with van der Waals surface area (Å²) in [7, 11) is -2.44. The van der Waals surface area contributed by atoms with Crippen molar-refractivity contribution in [2.75, 3.05) is 51.4 Å². The summed E-state index contributed by atoms with van der Waals surface area (Å²) in [4.78, 5) is 16.9. The lowest BCUT2D eigenvalue weighted by molar-refractivity contribution is -0.141. The number of halogens is 1. The van der Waals surface area contributed by atoms with Gasteiger partial charge in [-0.15, -0.1) is 0 Å². The van der Waals surface area contributed by atoms with Crippen LogP contribution in [0, 0.1) is 6.92 Å². The van der Waals surface area contributed by atoms with Crippen LogP contribution >= 0.6 is 11.6 Å². The van der Waals surface area contributed by atoms with Gasteiger partial charge in [0.25, 0.3) is 0 Å². The number of nitrogens with zero attached hydrogens (tertiary/aromatic N) is 4. The van der Waals surface area contributed by atoms with Crippen molar-refractivity contribution < 1.29 is 22.7 Å². The van der Waals surface area contributed by atoms with E-state index in [1.54, 1.807) is 18.2 Å². The molecule has 9 nitrogen and oxygen atoms in total. The zero-order valence-electron chi connectivity index (χ0n) is 18.8. The number of benzene rings is 1. The highest BCUT2D eigenvalue weighted by Gasteiger charge is 2.45. The molecule has 0 N–H and O–H groups in total.